The highest BCUT2D eigenvalue weighted by Crippen LogP contribution is 2.25. The topological polar surface area (TPSA) is 121 Å². The van der Waals surface area contributed by atoms with Crippen molar-refractivity contribution in [3.8, 4) is 17.1 Å². The zero-order valence-electron chi connectivity index (χ0n) is 20.2. The van der Waals surface area contributed by atoms with E-state index < -0.39 is 12.6 Å². The van der Waals surface area contributed by atoms with Crippen molar-refractivity contribution in [3.63, 3.8) is 0 Å². The third-order valence-electron chi connectivity index (χ3n) is 5.09. The number of carboxylic acids is 1. The molecule has 0 radical (unpaired) electrons. The Balaban J connectivity index is 1.60. The minimum Gasteiger partial charge on any atom is -0.481 e. The van der Waals surface area contributed by atoms with Crippen LogP contribution < -0.4 is 14.7 Å². The molecule has 1 amide bonds. The number of rotatable bonds is 10. The van der Waals surface area contributed by atoms with Crippen LogP contribution in [0.3, 0.4) is 0 Å². The molecule has 9 nitrogen and oxygen atoms in total. The van der Waals surface area contributed by atoms with Crippen molar-refractivity contribution in [2.45, 2.75) is 44.8 Å². The maximum absolute atomic E-state index is 12.3. The van der Waals surface area contributed by atoms with Crippen LogP contribution in [0.4, 0.5) is 0 Å². The molecule has 0 spiro atoms. The van der Waals surface area contributed by atoms with E-state index in [4.69, 9.17) is 9.84 Å². The first-order chi connectivity index (χ1) is 16.7. The van der Waals surface area contributed by atoms with E-state index in [-0.39, 0.29) is 17.1 Å². The molecule has 0 aliphatic rings. The van der Waals surface area contributed by atoms with Gasteiger partial charge in [-0.15, -0.1) is 5.10 Å². The van der Waals surface area contributed by atoms with Gasteiger partial charge in [0.2, 0.25) is 0 Å². The molecule has 0 aliphatic heterocycles. The lowest BCUT2D eigenvalue weighted by molar-refractivity contribution is -0.719. The first-order valence-electron chi connectivity index (χ1n) is 11.2. The summed E-state index contributed by atoms with van der Waals surface area (Å²) in [7, 11) is 0. The maximum Gasteiger partial charge on any atom is 0.341 e. The molecular weight excluding hydrogens is 466 g/mol. The van der Waals surface area contributed by atoms with Gasteiger partial charge in [0, 0.05) is 5.56 Å². The van der Waals surface area contributed by atoms with Gasteiger partial charge in [-0.3, -0.25) is 4.79 Å². The van der Waals surface area contributed by atoms with Crippen LogP contribution in [0.1, 0.15) is 38.8 Å². The Bertz CT molecular complexity index is 1200. The number of aromatic nitrogens is 3. The Morgan fingerprint density at radius 1 is 1.20 bits per heavy atom. The van der Waals surface area contributed by atoms with Gasteiger partial charge in [-0.05, 0) is 53.9 Å². The van der Waals surface area contributed by atoms with Gasteiger partial charge < -0.3 is 9.84 Å². The number of nitrogens with zero attached hydrogens (tertiary/aromatic N) is 3. The maximum atomic E-state index is 12.3. The van der Waals surface area contributed by atoms with Crippen molar-refractivity contribution < 1.29 is 24.0 Å². The van der Waals surface area contributed by atoms with Crippen LogP contribution in [0.2, 0.25) is 0 Å². The number of aromatic amines is 1. The highest BCUT2D eigenvalue weighted by Gasteiger charge is 2.22. The van der Waals surface area contributed by atoms with Gasteiger partial charge in [0.1, 0.15) is 5.75 Å². The van der Waals surface area contributed by atoms with E-state index in [2.05, 4.69) is 65.8 Å². The zero-order chi connectivity index (χ0) is 25.4. The molecule has 35 heavy (non-hydrogen) atoms. The number of para-hydroxylation sites is 1. The highest BCUT2D eigenvalue weighted by atomic mass is 32.2. The number of carbonyl (C=O) groups excluding carboxylic acids is 1. The molecular formula is C25H30N5O4S+. The largest absolute Gasteiger partial charge is 0.481 e. The lowest BCUT2D eigenvalue weighted by Crippen LogP contribution is -2.36. The van der Waals surface area contributed by atoms with E-state index in [1.165, 1.54) is 23.5 Å². The molecule has 10 heteroatoms. The number of H-pyrrole nitrogens is 1. The summed E-state index contributed by atoms with van der Waals surface area (Å²) in [5.74, 6) is 0.00587. The Morgan fingerprint density at radius 2 is 1.91 bits per heavy atom. The first kappa shape index (κ1) is 26.0. The molecule has 3 rings (SSSR count). The van der Waals surface area contributed by atoms with Crippen molar-refractivity contribution in [2.24, 2.45) is 5.10 Å². The van der Waals surface area contributed by atoms with Gasteiger partial charge in [0.05, 0.1) is 29.2 Å². The predicted molar refractivity (Wildman–Crippen MR) is 135 cm³/mol. The average Bonchev–Trinajstić information content (AvgIpc) is 3.24. The van der Waals surface area contributed by atoms with Crippen molar-refractivity contribution >= 4 is 29.9 Å². The predicted octanol–water partition coefficient (Wildman–Crippen LogP) is 3.39. The fourth-order valence-corrected chi connectivity index (χ4v) is 4.07. The van der Waals surface area contributed by atoms with Crippen LogP contribution in [0.25, 0.3) is 11.4 Å². The monoisotopic (exact) mass is 496 g/mol. The smallest absolute Gasteiger partial charge is 0.341 e. The molecule has 0 aliphatic carbocycles. The second-order valence-corrected chi connectivity index (χ2v) is 9.67. The number of benzene rings is 2. The molecule has 0 atom stereocenters. The molecule has 0 fully saturated rings. The Labute approximate surface area is 208 Å². The molecule has 2 aromatic carbocycles. The minimum absolute atomic E-state index is 0.0810. The van der Waals surface area contributed by atoms with Crippen molar-refractivity contribution in [1.82, 2.24) is 15.6 Å². The number of hydrogen-bond donors (Lipinski definition) is 3. The van der Waals surface area contributed by atoms with Gasteiger partial charge in [0.15, 0.2) is 6.61 Å². The number of ether oxygens (including phenoxy) is 1. The molecule has 0 unspecified atom stereocenters. The van der Waals surface area contributed by atoms with Crippen molar-refractivity contribution in [1.29, 1.82) is 0 Å². The summed E-state index contributed by atoms with van der Waals surface area (Å²) in [6, 6.07) is 15.2. The van der Waals surface area contributed by atoms with E-state index in [1.807, 2.05) is 11.5 Å². The third-order valence-corrected chi connectivity index (χ3v) is 6.07. The lowest BCUT2D eigenvalue weighted by Gasteiger charge is -2.18. The van der Waals surface area contributed by atoms with Crippen molar-refractivity contribution in [2.75, 3.05) is 12.4 Å². The van der Waals surface area contributed by atoms with Gasteiger partial charge in [-0.1, -0.05) is 45.0 Å². The summed E-state index contributed by atoms with van der Waals surface area (Å²) in [5.41, 5.74) is 5.40. The van der Waals surface area contributed by atoms with E-state index >= 15 is 0 Å². The average molecular weight is 497 g/mol. The van der Waals surface area contributed by atoms with Crippen LogP contribution in [0.5, 0.6) is 5.75 Å². The second kappa shape index (κ2) is 11.7. The summed E-state index contributed by atoms with van der Waals surface area (Å²) in [6.45, 7) is 8.81. The number of thioether (sulfide) groups is 1. The number of hydrogen-bond acceptors (Lipinski definition) is 6. The van der Waals surface area contributed by atoms with Crippen LogP contribution >= 0.6 is 11.8 Å². The fourth-order valence-electron chi connectivity index (χ4n) is 3.26. The van der Waals surface area contributed by atoms with Crippen LogP contribution in [0, 0.1) is 0 Å². The number of amides is 1. The molecule has 3 aromatic rings. The fraction of sp³-hybridized carbons (Fsp3) is 0.320. The molecule has 1 aromatic heterocycles. The highest BCUT2D eigenvalue weighted by molar-refractivity contribution is 7.99. The summed E-state index contributed by atoms with van der Waals surface area (Å²) in [4.78, 5) is 23.0. The van der Waals surface area contributed by atoms with Gasteiger partial charge in [-0.25, -0.2) is 14.8 Å². The summed E-state index contributed by atoms with van der Waals surface area (Å²) < 4.78 is 7.26. The lowest BCUT2D eigenvalue weighted by atomic mass is 9.87. The molecule has 0 saturated carbocycles. The van der Waals surface area contributed by atoms with Crippen molar-refractivity contribution in [3.05, 3.63) is 59.7 Å². The molecule has 0 bridgehead atoms. The van der Waals surface area contributed by atoms with E-state index in [0.717, 1.165) is 11.4 Å². The number of aliphatic carboxylic acids is 1. The van der Waals surface area contributed by atoms with Crippen LogP contribution in [-0.4, -0.2) is 45.8 Å². The van der Waals surface area contributed by atoms with Crippen LogP contribution in [0.15, 0.2) is 58.8 Å². The Kier molecular flexibility index (Phi) is 8.64. The van der Waals surface area contributed by atoms with E-state index in [0.29, 0.717) is 23.0 Å². The standard InChI is InChI=1S/C25H29N5O4S/c1-5-30-23(17-10-12-19(13-11-17)25(2,3)4)28-29-24(30)35-16-21(31)27-26-14-18-8-6-7-9-20(18)34-15-22(32)33/h6-14H,5,15-16H2,1-4H3,(H2,27,31,32,33)/p+1/b26-14-. The minimum atomic E-state index is -1.07. The zero-order valence-corrected chi connectivity index (χ0v) is 21.1. The van der Waals surface area contributed by atoms with Crippen LogP contribution in [-0.2, 0) is 21.5 Å². The summed E-state index contributed by atoms with van der Waals surface area (Å²) in [6.07, 6.45) is 1.42. The summed E-state index contributed by atoms with van der Waals surface area (Å²) >= 11 is 1.31. The molecule has 1 heterocycles. The number of nitrogens with one attached hydrogen (secondary N) is 2. The number of hydrazone groups is 1. The SMILES string of the molecule is CC[n+]1c(SCC(=O)N/N=C\c2ccccc2OCC(=O)O)n[nH]c1-c1ccc(C(C)(C)C)cc1. The summed E-state index contributed by atoms with van der Waals surface area (Å²) in [5, 5.41) is 20.9. The van der Waals surface area contributed by atoms with Gasteiger partial charge in [-0.2, -0.15) is 5.10 Å². The third kappa shape index (κ3) is 7.16. The first-order valence-corrected chi connectivity index (χ1v) is 12.1. The number of carboxylic acid groups (broad SMARTS) is 1. The Morgan fingerprint density at radius 3 is 2.57 bits per heavy atom. The van der Waals surface area contributed by atoms with E-state index in [1.54, 1.807) is 24.3 Å². The second-order valence-electron chi connectivity index (χ2n) is 8.73. The molecule has 184 valence electrons. The quantitative estimate of drug-likeness (QED) is 0.171. The number of carbonyl (C=O) groups is 2. The Hall–Kier alpha value is -3.66. The molecule has 3 N–H and O–H groups in total. The normalized spacial score (nSPS) is 11.5. The molecule has 0 saturated heterocycles. The van der Waals surface area contributed by atoms with Gasteiger partial charge >= 0.3 is 11.1 Å². The van der Waals surface area contributed by atoms with E-state index in [9.17, 15) is 9.59 Å². The van der Waals surface area contributed by atoms with Gasteiger partial charge in [0.25, 0.3) is 11.7 Å².